The first-order valence-corrected chi connectivity index (χ1v) is 10.1. The zero-order chi connectivity index (χ0) is 19.5. The van der Waals surface area contributed by atoms with Crippen LogP contribution in [0.3, 0.4) is 0 Å². The molecule has 1 unspecified atom stereocenters. The van der Waals surface area contributed by atoms with Crippen LogP contribution in [0.15, 0.2) is 23.0 Å². The van der Waals surface area contributed by atoms with Gasteiger partial charge in [0.1, 0.15) is 17.7 Å². The summed E-state index contributed by atoms with van der Waals surface area (Å²) >= 11 is 0. The van der Waals surface area contributed by atoms with E-state index in [1.165, 1.54) is 23.1 Å². The van der Waals surface area contributed by atoms with E-state index in [-0.39, 0.29) is 11.6 Å². The fourth-order valence-electron chi connectivity index (χ4n) is 4.23. The van der Waals surface area contributed by atoms with Gasteiger partial charge in [-0.2, -0.15) is 10.4 Å². The highest BCUT2D eigenvalue weighted by atomic mass is 16.1. The molecule has 3 heterocycles. The summed E-state index contributed by atoms with van der Waals surface area (Å²) in [5.41, 5.74) is 2.88. The molecule has 2 aliphatic rings. The topological polar surface area (TPSA) is 86.8 Å². The van der Waals surface area contributed by atoms with Gasteiger partial charge in [-0.25, -0.2) is 9.67 Å². The minimum atomic E-state index is -0.104. The van der Waals surface area contributed by atoms with Crippen LogP contribution < -0.4 is 15.8 Å². The average molecular weight is 378 g/mol. The van der Waals surface area contributed by atoms with Gasteiger partial charge in [-0.05, 0) is 62.6 Å². The van der Waals surface area contributed by atoms with Crippen molar-refractivity contribution in [3.8, 4) is 6.07 Å². The van der Waals surface area contributed by atoms with Gasteiger partial charge in [-0.3, -0.25) is 4.79 Å². The average Bonchev–Trinajstić information content (AvgIpc) is 2.73. The second-order valence-corrected chi connectivity index (χ2v) is 7.69. The molecular formula is C21H26N6O. The first-order valence-electron chi connectivity index (χ1n) is 10.1. The van der Waals surface area contributed by atoms with E-state index in [0.717, 1.165) is 50.2 Å². The van der Waals surface area contributed by atoms with Crippen molar-refractivity contribution >= 4 is 11.6 Å². The number of anilines is 2. The molecule has 1 atom stereocenters. The Morgan fingerprint density at radius 3 is 2.93 bits per heavy atom. The van der Waals surface area contributed by atoms with Gasteiger partial charge in [-0.15, -0.1) is 0 Å². The summed E-state index contributed by atoms with van der Waals surface area (Å²) in [5.74, 6) is 1.52. The van der Waals surface area contributed by atoms with E-state index in [4.69, 9.17) is 4.98 Å². The molecule has 0 amide bonds. The predicted octanol–water partition coefficient (Wildman–Crippen LogP) is 2.40. The van der Waals surface area contributed by atoms with Crippen molar-refractivity contribution in [1.29, 1.82) is 5.26 Å². The maximum atomic E-state index is 11.7. The summed E-state index contributed by atoms with van der Waals surface area (Å²) in [7, 11) is 1.68. The van der Waals surface area contributed by atoms with Gasteiger partial charge in [0.2, 0.25) is 0 Å². The molecule has 2 aromatic heterocycles. The minimum absolute atomic E-state index is 0.104. The summed E-state index contributed by atoms with van der Waals surface area (Å²) in [6.07, 6.45) is 7.68. The second kappa shape index (κ2) is 8.01. The number of fused-ring (bicyclic) bond motifs is 1. The van der Waals surface area contributed by atoms with Crippen molar-refractivity contribution in [3.63, 3.8) is 0 Å². The number of pyridine rings is 1. The van der Waals surface area contributed by atoms with Crippen LogP contribution in [-0.2, 0) is 19.9 Å². The number of aryl methyl sites for hydroxylation is 3. The Morgan fingerprint density at radius 1 is 1.25 bits per heavy atom. The molecule has 0 bridgehead atoms. The van der Waals surface area contributed by atoms with Gasteiger partial charge in [0.05, 0.1) is 5.56 Å². The molecule has 1 aliphatic heterocycles. The monoisotopic (exact) mass is 378 g/mol. The Balaban J connectivity index is 1.53. The van der Waals surface area contributed by atoms with Gasteiger partial charge >= 0.3 is 0 Å². The highest BCUT2D eigenvalue weighted by Crippen LogP contribution is 2.26. The van der Waals surface area contributed by atoms with Gasteiger partial charge in [0, 0.05) is 37.9 Å². The van der Waals surface area contributed by atoms with Crippen molar-refractivity contribution in [2.45, 2.75) is 51.0 Å². The zero-order valence-electron chi connectivity index (χ0n) is 16.3. The van der Waals surface area contributed by atoms with Gasteiger partial charge < -0.3 is 10.2 Å². The molecule has 7 nitrogen and oxygen atoms in total. The number of nitrogens with zero attached hydrogens (tertiary/aromatic N) is 5. The van der Waals surface area contributed by atoms with Crippen molar-refractivity contribution in [2.75, 3.05) is 23.3 Å². The highest BCUT2D eigenvalue weighted by Gasteiger charge is 2.25. The van der Waals surface area contributed by atoms with E-state index in [2.05, 4.69) is 21.4 Å². The molecule has 0 saturated carbocycles. The second-order valence-electron chi connectivity index (χ2n) is 7.69. The lowest BCUT2D eigenvalue weighted by atomic mass is 9.95. The molecule has 7 heteroatoms. The predicted molar refractivity (Wildman–Crippen MR) is 109 cm³/mol. The number of hydrogen-bond donors (Lipinski definition) is 1. The molecule has 0 radical (unpaired) electrons. The molecule has 1 saturated heterocycles. The molecule has 28 heavy (non-hydrogen) atoms. The molecule has 4 rings (SSSR count). The number of piperidine rings is 1. The first-order chi connectivity index (χ1) is 13.7. The van der Waals surface area contributed by atoms with Crippen LogP contribution in [0.5, 0.6) is 0 Å². The summed E-state index contributed by atoms with van der Waals surface area (Å²) in [6, 6.07) is 7.94. The van der Waals surface area contributed by atoms with Crippen LogP contribution in [0.4, 0.5) is 11.6 Å². The molecule has 0 aromatic carbocycles. The molecule has 0 spiro atoms. The third kappa shape index (κ3) is 3.72. The molecule has 1 aliphatic carbocycles. The van der Waals surface area contributed by atoms with Crippen LogP contribution in [0.25, 0.3) is 0 Å². The fraction of sp³-hybridized carbons (Fsp3) is 0.524. The van der Waals surface area contributed by atoms with Crippen LogP contribution >= 0.6 is 0 Å². The molecule has 146 valence electrons. The van der Waals surface area contributed by atoms with Gasteiger partial charge in [0.15, 0.2) is 0 Å². The molecule has 1 fully saturated rings. The van der Waals surface area contributed by atoms with Crippen LogP contribution in [-0.4, -0.2) is 33.9 Å². The lowest BCUT2D eigenvalue weighted by Gasteiger charge is -2.37. The number of nitriles is 1. The normalized spacial score (nSPS) is 19.0. The minimum Gasteiger partial charge on any atom is -0.367 e. The largest absolute Gasteiger partial charge is 0.367 e. The van der Waals surface area contributed by atoms with Crippen molar-refractivity contribution in [1.82, 2.24) is 14.8 Å². The van der Waals surface area contributed by atoms with E-state index in [1.807, 2.05) is 6.07 Å². The molecule has 1 N–H and O–H groups in total. The Hall–Kier alpha value is -2.88. The first kappa shape index (κ1) is 18.5. The van der Waals surface area contributed by atoms with Crippen LogP contribution in [0.1, 0.15) is 48.9 Å². The maximum Gasteiger partial charge on any atom is 0.266 e. The Bertz CT molecular complexity index is 960. The van der Waals surface area contributed by atoms with Crippen molar-refractivity contribution in [2.24, 2.45) is 7.05 Å². The Kier molecular flexibility index (Phi) is 5.29. The lowest BCUT2D eigenvalue weighted by Crippen LogP contribution is -2.45. The van der Waals surface area contributed by atoms with Crippen LogP contribution in [0.2, 0.25) is 0 Å². The SMILES string of the molecule is Cn1nc(N2CCCCC2CNc2nc3c(cc2C#N)CCCC3)ccc1=O. The van der Waals surface area contributed by atoms with E-state index in [9.17, 15) is 10.1 Å². The van der Waals surface area contributed by atoms with Crippen molar-refractivity contribution < 1.29 is 0 Å². The maximum absolute atomic E-state index is 11.7. The zero-order valence-corrected chi connectivity index (χ0v) is 16.3. The van der Waals surface area contributed by atoms with Crippen LogP contribution in [0, 0.1) is 11.3 Å². The van der Waals surface area contributed by atoms with E-state index in [1.54, 1.807) is 19.2 Å². The van der Waals surface area contributed by atoms with E-state index >= 15 is 0 Å². The quantitative estimate of drug-likeness (QED) is 0.879. The smallest absolute Gasteiger partial charge is 0.266 e. The van der Waals surface area contributed by atoms with Gasteiger partial charge in [-0.1, -0.05) is 0 Å². The standard InChI is InChI=1S/C21H26N6O/c1-26-20(28)10-9-19(25-26)27-11-5-4-7-17(27)14-23-21-16(13-22)12-15-6-2-3-8-18(15)24-21/h9-10,12,17H,2-8,11,14H2,1H3,(H,23,24). The van der Waals surface area contributed by atoms with E-state index < -0.39 is 0 Å². The number of nitrogens with one attached hydrogen (secondary N) is 1. The third-order valence-electron chi connectivity index (χ3n) is 5.79. The third-order valence-corrected chi connectivity index (χ3v) is 5.79. The summed E-state index contributed by atoms with van der Waals surface area (Å²) in [6.45, 7) is 1.62. The summed E-state index contributed by atoms with van der Waals surface area (Å²) in [4.78, 5) is 18.7. The van der Waals surface area contributed by atoms with E-state index in [0.29, 0.717) is 17.9 Å². The Labute approximate surface area is 165 Å². The van der Waals surface area contributed by atoms with Crippen molar-refractivity contribution in [3.05, 3.63) is 45.4 Å². The summed E-state index contributed by atoms with van der Waals surface area (Å²) < 4.78 is 1.38. The summed E-state index contributed by atoms with van der Waals surface area (Å²) in [5, 5.41) is 17.4. The molecule has 2 aromatic rings. The fourth-order valence-corrected chi connectivity index (χ4v) is 4.23. The lowest BCUT2D eigenvalue weighted by molar-refractivity contribution is 0.464. The number of rotatable bonds is 4. The number of aromatic nitrogens is 3. The molecular weight excluding hydrogens is 352 g/mol. The van der Waals surface area contributed by atoms with Gasteiger partial charge in [0.25, 0.3) is 5.56 Å². The number of hydrogen-bond acceptors (Lipinski definition) is 6. The Morgan fingerprint density at radius 2 is 2.11 bits per heavy atom. The highest BCUT2D eigenvalue weighted by molar-refractivity contribution is 5.55.